The van der Waals surface area contributed by atoms with Crippen LogP contribution in [0.1, 0.15) is 32.4 Å². The van der Waals surface area contributed by atoms with Crippen molar-refractivity contribution in [1.29, 1.82) is 0 Å². The zero-order chi connectivity index (χ0) is 14.5. The van der Waals surface area contributed by atoms with Crippen molar-refractivity contribution < 1.29 is 8.42 Å². The molecule has 0 spiro atoms. The maximum atomic E-state index is 12.1. The molecular weight excluding hydrogens is 284 g/mol. The monoisotopic (exact) mass is 304 g/mol. The molecule has 108 valence electrons. The van der Waals surface area contributed by atoms with E-state index in [4.69, 9.17) is 11.6 Å². The van der Waals surface area contributed by atoms with Crippen molar-refractivity contribution in [3.63, 3.8) is 0 Å². The van der Waals surface area contributed by atoms with Crippen LogP contribution in [0.15, 0.2) is 24.3 Å². The van der Waals surface area contributed by atoms with E-state index in [9.17, 15) is 8.42 Å². The van der Waals surface area contributed by atoms with Crippen LogP contribution in [0.25, 0.3) is 0 Å². The average Bonchev–Trinajstić information content (AvgIpc) is 2.35. The maximum absolute atomic E-state index is 12.1. The highest BCUT2D eigenvalue weighted by Gasteiger charge is 2.23. The minimum Gasteiger partial charge on any atom is -0.316 e. The Bertz CT molecular complexity index is 505. The summed E-state index contributed by atoms with van der Waals surface area (Å²) in [6, 6.07) is 6.89. The van der Waals surface area contributed by atoms with Crippen LogP contribution in [-0.4, -0.2) is 26.8 Å². The van der Waals surface area contributed by atoms with Crippen molar-refractivity contribution in [2.24, 2.45) is 0 Å². The minimum atomic E-state index is -3.37. The van der Waals surface area contributed by atoms with Crippen molar-refractivity contribution in [1.82, 2.24) is 10.0 Å². The van der Waals surface area contributed by atoms with Gasteiger partial charge in [-0.15, -0.1) is 0 Å². The molecule has 0 aromatic heterocycles. The van der Waals surface area contributed by atoms with Gasteiger partial charge >= 0.3 is 0 Å². The quantitative estimate of drug-likeness (QED) is 0.813. The molecule has 2 N–H and O–H groups in total. The summed E-state index contributed by atoms with van der Waals surface area (Å²) in [4.78, 5) is 0. The molecule has 0 saturated carbocycles. The SMILES string of the molecule is CCNCC(C)S(=O)(=O)NC(C)c1ccccc1Cl. The lowest BCUT2D eigenvalue weighted by atomic mass is 10.1. The van der Waals surface area contributed by atoms with Gasteiger partial charge in [0.25, 0.3) is 0 Å². The van der Waals surface area contributed by atoms with Gasteiger partial charge < -0.3 is 5.32 Å². The standard InChI is InChI=1S/C13H21ClN2O2S/c1-4-15-9-10(2)19(17,18)16-11(3)12-7-5-6-8-13(12)14/h5-8,10-11,15-16H,4,9H2,1-3H3. The number of rotatable bonds is 7. The van der Waals surface area contributed by atoms with Crippen molar-refractivity contribution in [3.8, 4) is 0 Å². The van der Waals surface area contributed by atoms with E-state index in [-0.39, 0.29) is 6.04 Å². The van der Waals surface area contributed by atoms with E-state index < -0.39 is 15.3 Å². The Kier molecular flexibility index (Phi) is 6.26. The third kappa shape index (κ3) is 4.76. The third-order valence-electron chi connectivity index (χ3n) is 2.92. The summed E-state index contributed by atoms with van der Waals surface area (Å²) in [5, 5.41) is 3.11. The van der Waals surface area contributed by atoms with Crippen molar-refractivity contribution >= 4 is 21.6 Å². The smallest absolute Gasteiger partial charge is 0.216 e. The molecule has 0 radical (unpaired) electrons. The largest absolute Gasteiger partial charge is 0.316 e. The number of benzene rings is 1. The average molecular weight is 305 g/mol. The summed E-state index contributed by atoms with van der Waals surface area (Å²) in [7, 11) is -3.37. The molecule has 1 aromatic carbocycles. The number of halogens is 1. The van der Waals surface area contributed by atoms with Gasteiger partial charge in [-0.25, -0.2) is 13.1 Å². The van der Waals surface area contributed by atoms with E-state index in [1.807, 2.05) is 25.1 Å². The molecule has 0 aliphatic heterocycles. The van der Waals surface area contributed by atoms with Gasteiger partial charge in [-0.2, -0.15) is 0 Å². The molecule has 0 saturated heterocycles. The van der Waals surface area contributed by atoms with Gasteiger partial charge in [0.05, 0.1) is 5.25 Å². The Morgan fingerprint density at radius 2 is 1.89 bits per heavy atom. The lowest BCUT2D eigenvalue weighted by Crippen LogP contribution is -2.40. The van der Waals surface area contributed by atoms with Crippen LogP contribution in [0.4, 0.5) is 0 Å². The Morgan fingerprint density at radius 3 is 2.47 bits per heavy atom. The van der Waals surface area contributed by atoms with Gasteiger partial charge in [-0.3, -0.25) is 0 Å². The number of nitrogens with one attached hydrogen (secondary N) is 2. The molecular formula is C13H21ClN2O2S. The fraction of sp³-hybridized carbons (Fsp3) is 0.538. The number of hydrogen-bond donors (Lipinski definition) is 2. The van der Waals surface area contributed by atoms with Gasteiger partial charge in [0.2, 0.25) is 10.0 Å². The molecule has 0 aliphatic rings. The van der Waals surface area contributed by atoms with Gasteiger partial charge in [0, 0.05) is 17.6 Å². The molecule has 0 bridgehead atoms. The van der Waals surface area contributed by atoms with E-state index in [0.717, 1.165) is 12.1 Å². The molecule has 2 atom stereocenters. The van der Waals surface area contributed by atoms with Gasteiger partial charge in [0.15, 0.2) is 0 Å². The summed E-state index contributed by atoms with van der Waals surface area (Å²) in [6.45, 7) is 6.60. The lowest BCUT2D eigenvalue weighted by molar-refractivity contribution is 0.547. The Balaban J connectivity index is 2.76. The van der Waals surface area contributed by atoms with Crippen LogP contribution >= 0.6 is 11.6 Å². The first-order valence-electron chi connectivity index (χ1n) is 6.34. The maximum Gasteiger partial charge on any atom is 0.216 e. The van der Waals surface area contributed by atoms with E-state index in [1.54, 1.807) is 19.9 Å². The summed E-state index contributed by atoms with van der Waals surface area (Å²) in [6.07, 6.45) is 0. The minimum absolute atomic E-state index is 0.345. The van der Waals surface area contributed by atoms with Gasteiger partial charge in [-0.1, -0.05) is 36.7 Å². The van der Waals surface area contributed by atoms with Crippen LogP contribution in [0.2, 0.25) is 5.02 Å². The highest BCUT2D eigenvalue weighted by Crippen LogP contribution is 2.23. The number of sulfonamides is 1. The molecule has 0 heterocycles. The van der Waals surface area contributed by atoms with E-state index in [1.165, 1.54) is 0 Å². The van der Waals surface area contributed by atoms with Crippen LogP contribution in [-0.2, 0) is 10.0 Å². The fourth-order valence-electron chi connectivity index (χ4n) is 1.71. The molecule has 0 amide bonds. The Labute approximate surface area is 120 Å². The van der Waals surface area contributed by atoms with Crippen LogP contribution in [0.5, 0.6) is 0 Å². The van der Waals surface area contributed by atoms with Gasteiger partial charge in [-0.05, 0) is 32.0 Å². The highest BCUT2D eigenvalue weighted by atomic mass is 35.5. The zero-order valence-electron chi connectivity index (χ0n) is 11.5. The topological polar surface area (TPSA) is 58.2 Å². The second kappa shape index (κ2) is 7.24. The fourth-order valence-corrected chi connectivity index (χ4v) is 3.20. The van der Waals surface area contributed by atoms with Crippen molar-refractivity contribution in [2.45, 2.75) is 32.1 Å². The predicted molar refractivity (Wildman–Crippen MR) is 79.9 cm³/mol. The summed E-state index contributed by atoms with van der Waals surface area (Å²) < 4.78 is 26.9. The summed E-state index contributed by atoms with van der Waals surface area (Å²) in [5.41, 5.74) is 0.781. The normalized spacial score (nSPS) is 15.2. The molecule has 0 aliphatic carbocycles. The lowest BCUT2D eigenvalue weighted by Gasteiger charge is -2.19. The first-order valence-corrected chi connectivity index (χ1v) is 8.27. The number of hydrogen-bond acceptors (Lipinski definition) is 3. The molecule has 1 rings (SSSR count). The second-order valence-electron chi connectivity index (χ2n) is 4.52. The first-order chi connectivity index (χ1) is 8.88. The summed E-state index contributed by atoms with van der Waals surface area (Å²) >= 11 is 6.06. The molecule has 4 nitrogen and oxygen atoms in total. The molecule has 1 aromatic rings. The Hall–Kier alpha value is -0.620. The van der Waals surface area contributed by atoms with E-state index in [2.05, 4.69) is 10.0 Å². The molecule has 19 heavy (non-hydrogen) atoms. The van der Waals surface area contributed by atoms with Crippen molar-refractivity contribution in [3.05, 3.63) is 34.9 Å². The second-order valence-corrected chi connectivity index (χ2v) is 7.06. The third-order valence-corrected chi connectivity index (χ3v) is 5.18. The van der Waals surface area contributed by atoms with Crippen LogP contribution in [0.3, 0.4) is 0 Å². The Morgan fingerprint density at radius 1 is 1.26 bits per heavy atom. The van der Waals surface area contributed by atoms with E-state index in [0.29, 0.717) is 11.6 Å². The molecule has 2 unspecified atom stereocenters. The highest BCUT2D eigenvalue weighted by molar-refractivity contribution is 7.90. The van der Waals surface area contributed by atoms with Crippen molar-refractivity contribution in [2.75, 3.05) is 13.1 Å². The first kappa shape index (κ1) is 16.4. The summed E-state index contributed by atoms with van der Waals surface area (Å²) in [5.74, 6) is 0. The zero-order valence-corrected chi connectivity index (χ0v) is 13.1. The molecule has 0 fully saturated rings. The van der Waals surface area contributed by atoms with Crippen LogP contribution < -0.4 is 10.0 Å². The predicted octanol–water partition coefficient (Wildman–Crippen LogP) is 2.32. The van der Waals surface area contributed by atoms with E-state index >= 15 is 0 Å². The van der Waals surface area contributed by atoms with Crippen LogP contribution in [0, 0.1) is 0 Å². The molecule has 6 heteroatoms. The van der Waals surface area contributed by atoms with Gasteiger partial charge in [0.1, 0.15) is 0 Å².